The van der Waals surface area contributed by atoms with Gasteiger partial charge in [-0.3, -0.25) is 0 Å². The fraction of sp³-hybridized carbons (Fsp3) is 0.417. The Bertz CT molecular complexity index is 563. The Morgan fingerprint density at radius 1 is 1.04 bits per heavy atom. The van der Waals surface area contributed by atoms with E-state index in [2.05, 4.69) is 5.10 Å². The molecule has 4 nitrogen and oxygen atoms in total. The Morgan fingerprint density at radius 3 is 2.00 bits per heavy atom. The van der Waals surface area contributed by atoms with E-state index in [1.807, 2.05) is 0 Å². The summed E-state index contributed by atoms with van der Waals surface area (Å²) in [5, 5.41) is 22.4. The summed E-state index contributed by atoms with van der Waals surface area (Å²) in [7, 11) is 0. The van der Waals surface area contributed by atoms with E-state index in [9.17, 15) is 31.4 Å². The van der Waals surface area contributed by atoms with Gasteiger partial charge in [-0.2, -0.15) is 31.4 Å². The van der Waals surface area contributed by atoms with Gasteiger partial charge in [0.1, 0.15) is 0 Å². The molecular weight excluding hydrogens is 382 g/mol. The summed E-state index contributed by atoms with van der Waals surface area (Å²) < 4.78 is 76.3. The van der Waals surface area contributed by atoms with E-state index in [-0.39, 0.29) is 22.8 Å². The number of benzene rings is 1. The predicted octanol–water partition coefficient (Wildman–Crippen LogP) is 2.28. The van der Waals surface area contributed by atoms with E-state index in [0.29, 0.717) is 5.01 Å². The van der Waals surface area contributed by atoms with Crippen LogP contribution in [0.4, 0.5) is 32.0 Å². The van der Waals surface area contributed by atoms with Crippen LogP contribution in [0.2, 0.25) is 0 Å². The molecule has 2 N–H and O–H groups in total. The molecule has 11 heteroatoms. The van der Waals surface area contributed by atoms with E-state index in [0.717, 1.165) is 0 Å². The minimum Gasteiger partial charge on any atom is -0.383 e. The molecular formula is C12H10CuF6N2O2. The monoisotopic (exact) mass is 391 g/mol. The summed E-state index contributed by atoms with van der Waals surface area (Å²) in [5.41, 5.74) is -1.91. The van der Waals surface area contributed by atoms with Crippen molar-refractivity contribution in [3.63, 3.8) is 0 Å². The Hall–Kier alpha value is -1.29. The molecule has 0 aromatic heterocycles. The number of aliphatic hydroxyl groups is 2. The van der Waals surface area contributed by atoms with Gasteiger partial charge in [0, 0.05) is 17.1 Å². The van der Waals surface area contributed by atoms with Gasteiger partial charge in [0.05, 0.1) is 11.6 Å². The van der Waals surface area contributed by atoms with E-state index in [1.54, 1.807) is 0 Å². The molecule has 23 heavy (non-hydrogen) atoms. The second kappa shape index (κ2) is 6.68. The zero-order valence-electron chi connectivity index (χ0n) is 11.0. The first kappa shape index (κ1) is 19.8. The van der Waals surface area contributed by atoms with Crippen LogP contribution in [-0.2, 0) is 17.1 Å². The molecule has 133 valence electrons. The van der Waals surface area contributed by atoms with Crippen molar-refractivity contribution in [1.82, 2.24) is 0 Å². The average molecular weight is 392 g/mol. The first-order valence-corrected chi connectivity index (χ1v) is 5.96. The van der Waals surface area contributed by atoms with Gasteiger partial charge in [-0.05, 0) is 12.1 Å². The van der Waals surface area contributed by atoms with Crippen molar-refractivity contribution in [2.75, 3.05) is 5.01 Å². The normalized spacial score (nSPS) is 23.3. The third-order valence-corrected chi connectivity index (χ3v) is 3.09. The quantitative estimate of drug-likeness (QED) is 0.601. The number of para-hydroxylation sites is 1. The van der Waals surface area contributed by atoms with Crippen LogP contribution in [0.3, 0.4) is 0 Å². The first-order chi connectivity index (χ1) is 10.0. The largest absolute Gasteiger partial charge is 0.431 e. The Kier molecular flexibility index (Phi) is 5.74. The van der Waals surface area contributed by atoms with Gasteiger partial charge in [0.15, 0.2) is 18.0 Å². The maximum atomic E-state index is 12.9. The zero-order chi connectivity index (χ0) is 16.7. The minimum absolute atomic E-state index is 0. The molecule has 0 aliphatic carbocycles. The van der Waals surface area contributed by atoms with Crippen LogP contribution in [0.15, 0.2) is 35.4 Å². The minimum atomic E-state index is -5.33. The third kappa shape index (κ3) is 3.97. The molecule has 3 unspecified atom stereocenters. The van der Waals surface area contributed by atoms with Crippen LogP contribution in [0.1, 0.15) is 0 Å². The maximum Gasteiger partial charge on any atom is 0.431 e. The number of rotatable bonds is 2. The summed E-state index contributed by atoms with van der Waals surface area (Å²) in [4.78, 5) is 0. The van der Waals surface area contributed by atoms with Gasteiger partial charge < -0.3 is 10.2 Å². The van der Waals surface area contributed by atoms with Crippen molar-refractivity contribution in [1.29, 1.82) is 0 Å². The molecule has 1 aromatic rings. The van der Waals surface area contributed by atoms with Crippen LogP contribution >= 0.6 is 0 Å². The second-order valence-electron chi connectivity index (χ2n) is 4.59. The fourth-order valence-electron chi connectivity index (χ4n) is 2.09. The molecule has 2 rings (SSSR count). The van der Waals surface area contributed by atoms with Crippen molar-refractivity contribution in [2.45, 2.75) is 24.7 Å². The molecule has 3 atom stereocenters. The smallest absolute Gasteiger partial charge is 0.383 e. The van der Waals surface area contributed by atoms with Crippen LogP contribution in [0, 0.1) is 5.92 Å². The summed E-state index contributed by atoms with van der Waals surface area (Å²) in [5.74, 6) is -2.65. The van der Waals surface area contributed by atoms with E-state index < -0.39 is 36.3 Å². The van der Waals surface area contributed by atoms with Crippen LogP contribution in [-0.4, -0.2) is 40.6 Å². The van der Waals surface area contributed by atoms with Crippen molar-refractivity contribution >= 4 is 11.4 Å². The Labute approximate surface area is 136 Å². The number of anilines is 1. The SMILES string of the molecule is OC1C(C(O)C(F)(F)F)C(C(F)(F)F)=NN1c1ccccc1.[Cu]. The summed E-state index contributed by atoms with van der Waals surface area (Å²) in [6.07, 6.45) is -16.2. The fourth-order valence-corrected chi connectivity index (χ4v) is 2.09. The third-order valence-electron chi connectivity index (χ3n) is 3.09. The van der Waals surface area contributed by atoms with E-state index in [1.165, 1.54) is 30.3 Å². The van der Waals surface area contributed by atoms with Crippen molar-refractivity contribution < 1.29 is 53.6 Å². The summed E-state index contributed by atoms with van der Waals surface area (Å²) in [6.45, 7) is 0. The molecule has 0 amide bonds. The molecule has 1 aliphatic heterocycles. The van der Waals surface area contributed by atoms with Gasteiger partial charge in [0.2, 0.25) is 0 Å². The number of hydrazone groups is 1. The topological polar surface area (TPSA) is 56.1 Å². The van der Waals surface area contributed by atoms with Crippen molar-refractivity contribution in [2.24, 2.45) is 11.0 Å². The maximum absolute atomic E-state index is 12.9. The molecule has 1 radical (unpaired) electrons. The average Bonchev–Trinajstić information content (AvgIpc) is 2.75. The first-order valence-electron chi connectivity index (χ1n) is 5.96. The van der Waals surface area contributed by atoms with Crippen LogP contribution in [0.25, 0.3) is 0 Å². The van der Waals surface area contributed by atoms with Crippen LogP contribution in [0.5, 0.6) is 0 Å². The standard InChI is InChI=1S/C12H10F6N2O2.Cu/c13-11(14,15)8-7(9(21)12(16,17)18)10(22)20(19-8)6-4-2-1-3-5-6;/h1-5,7,9-10,21-22H;. The number of alkyl halides is 6. The van der Waals surface area contributed by atoms with E-state index in [4.69, 9.17) is 5.11 Å². The number of halogens is 6. The second-order valence-corrected chi connectivity index (χ2v) is 4.59. The molecule has 0 saturated carbocycles. The molecule has 0 spiro atoms. The van der Waals surface area contributed by atoms with Crippen LogP contribution < -0.4 is 5.01 Å². The Morgan fingerprint density at radius 2 is 1.57 bits per heavy atom. The van der Waals surface area contributed by atoms with Gasteiger partial charge in [0.25, 0.3) is 0 Å². The summed E-state index contributed by atoms with van der Waals surface area (Å²) in [6, 6.07) is 6.89. The Balaban J connectivity index is 0.00000264. The van der Waals surface area contributed by atoms with Crippen molar-refractivity contribution in [3.05, 3.63) is 30.3 Å². The van der Waals surface area contributed by atoms with Gasteiger partial charge in [-0.15, -0.1) is 0 Å². The summed E-state index contributed by atoms with van der Waals surface area (Å²) >= 11 is 0. The molecule has 0 saturated heterocycles. The zero-order valence-corrected chi connectivity index (χ0v) is 11.9. The van der Waals surface area contributed by atoms with Gasteiger partial charge in [-0.25, -0.2) is 5.01 Å². The molecule has 1 aromatic carbocycles. The number of hydrogen-bond acceptors (Lipinski definition) is 4. The molecule has 0 fully saturated rings. The van der Waals surface area contributed by atoms with Gasteiger partial charge in [-0.1, -0.05) is 18.2 Å². The van der Waals surface area contributed by atoms with E-state index >= 15 is 0 Å². The molecule has 0 bridgehead atoms. The van der Waals surface area contributed by atoms with Crippen molar-refractivity contribution in [3.8, 4) is 0 Å². The van der Waals surface area contributed by atoms with Gasteiger partial charge >= 0.3 is 12.4 Å². The molecule has 1 heterocycles. The molecule has 1 aliphatic rings. The number of nitrogens with zero attached hydrogens (tertiary/aromatic N) is 2. The number of hydrogen-bond donors (Lipinski definition) is 2. The predicted molar refractivity (Wildman–Crippen MR) is 64.0 cm³/mol. The number of aliphatic hydroxyl groups excluding tert-OH is 2.